The van der Waals surface area contributed by atoms with Crippen LogP contribution >= 0.6 is 11.3 Å². The van der Waals surface area contributed by atoms with Crippen LogP contribution in [0.4, 0.5) is 5.13 Å². The zero-order valence-electron chi connectivity index (χ0n) is 13.9. The van der Waals surface area contributed by atoms with Crippen LogP contribution in [0.5, 0.6) is 0 Å². The van der Waals surface area contributed by atoms with Crippen LogP contribution in [-0.2, 0) is 16.0 Å². The average molecular weight is 315 g/mol. The van der Waals surface area contributed by atoms with Crippen molar-refractivity contribution < 1.29 is 9.47 Å². The maximum atomic E-state index is 5.23. The van der Waals surface area contributed by atoms with Gasteiger partial charge in [-0.05, 0) is 20.3 Å². The fourth-order valence-electron chi connectivity index (χ4n) is 1.99. The van der Waals surface area contributed by atoms with Crippen molar-refractivity contribution in [2.24, 2.45) is 0 Å². The summed E-state index contributed by atoms with van der Waals surface area (Å²) in [4.78, 5) is 8.39. The summed E-state index contributed by atoms with van der Waals surface area (Å²) in [5.74, 6) is 0. The Morgan fingerprint density at radius 1 is 1.29 bits per heavy atom. The zero-order valence-corrected chi connectivity index (χ0v) is 14.8. The summed E-state index contributed by atoms with van der Waals surface area (Å²) in [6.45, 7) is 10.6. The molecule has 21 heavy (non-hydrogen) atoms. The zero-order chi connectivity index (χ0) is 15.7. The van der Waals surface area contributed by atoms with Crippen molar-refractivity contribution in [2.45, 2.75) is 39.8 Å². The van der Waals surface area contributed by atoms with Crippen LogP contribution in [-0.4, -0.2) is 51.5 Å². The molecule has 1 aromatic rings. The van der Waals surface area contributed by atoms with Crippen molar-refractivity contribution >= 4 is 16.5 Å². The topological polar surface area (TPSA) is 46.6 Å². The lowest BCUT2D eigenvalue weighted by Crippen LogP contribution is -2.35. The van der Waals surface area contributed by atoms with Crippen molar-refractivity contribution in [3.05, 3.63) is 10.6 Å². The van der Waals surface area contributed by atoms with Crippen LogP contribution in [0.2, 0.25) is 0 Å². The lowest BCUT2D eigenvalue weighted by atomic mass is 10.2. The van der Waals surface area contributed by atoms with E-state index in [0.717, 1.165) is 50.1 Å². The minimum Gasteiger partial charge on any atom is -0.383 e. The largest absolute Gasteiger partial charge is 0.383 e. The van der Waals surface area contributed by atoms with Crippen molar-refractivity contribution in [1.82, 2.24) is 10.3 Å². The Hall–Kier alpha value is -0.690. The van der Waals surface area contributed by atoms with Crippen LogP contribution in [0.1, 0.15) is 30.8 Å². The Morgan fingerprint density at radius 3 is 2.62 bits per heavy atom. The highest BCUT2D eigenvalue weighted by atomic mass is 32.1. The lowest BCUT2D eigenvalue weighted by molar-refractivity contribution is 0.199. The Labute approximate surface area is 132 Å². The number of aryl methyl sites for hydroxylation is 1. The first-order valence-electron chi connectivity index (χ1n) is 7.55. The fraction of sp³-hybridized carbons (Fsp3) is 0.800. The number of anilines is 1. The first-order valence-corrected chi connectivity index (χ1v) is 8.37. The second-order valence-electron chi connectivity index (χ2n) is 5.12. The Balaban J connectivity index is 2.70. The van der Waals surface area contributed by atoms with Gasteiger partial charge in [-0.2, -0.15) is 0 Å². The number of ether oxygens (including phenoxy) is 2. The van der Waals surface area contributed by atoms with Gasteiger partial charge < -0.3 is 19.7 Å². The smallest absolute Gasteiger partial charge is 0.186 e. The molecule has 1 rings (SSSR count). The molecule has 0 aliphatic carbocycles. The molecule has 1 unspecified atom stereocenters. The molecule has 0 aliphatic heterocycles. The second kappa shape index (κ2) is 10.1. The van der Waals surface area contributed by atoms with Crippen LogP contribution < -0.4 is 10.2 Å². The quantitative estimate of drug-likeness (QED) is 0.636. The molecule has 5 nitrogen and oxygen atoms in total. The first-order chi connectivity index (χ1) is 10.1. The molecule has 0 bridgehead atoms. The van der Waals surface area contributed by atoms with Crippen molar-refractivity contribution in [2.75, 3.05) is 45.4 Å². The number of rotatable bonds is 11. The summed E-state index contributed by atoms with van der Waals surface area (Å²) in [5, 5.41) is 4.48. The van der Waals surface area contributed by atoms with Crippen LogP contribution in [0.3, 0.4) is 0 Å². The van der Waals surface area contributed by atoms with E-state index >= 15 is 0 Å². The second-order valence-corrected chi connectivity index (χ2v) is 6.18. The highest BCUT2D eigenvalue weighted by Gasteiger charge is 2.18. The number of nitrogens with zero attached hydrogens (tertiary/aromatic N) is 2. The third-order valence-corrected chi connectivity index (χ3v) is 4.75. The summed E-state index contributed by atoms with van der Waals surface area (Å²) in [6.07, 6.45) is 1.10. The van der Waals surface area contributed by atoms with E-state index in [4.69, 9.17) is 14.5 Å². The highest BCUT2D eigenvalue weighted by Crippen LogP contribution is 2.28. The van der Waals surface area contributed by atoms with Crippen LogP contribution in [0.15, 0.2) is 0 Å². The molecule has 1 aromatic heterocycles. The van der Waals surface area contributed by atoms with Gasteiger partial charge in [0.25, 0.3) is 0 Å². The van der Waals surface area contributed by atoms with Gasteiger partial charge in [-0.15, -0.1) is 11.3 Å². The lowest BCUT2D eigenvalue weighted by Gasteiger charge is -2.27. The third kappa shape index (κ3) is 5.90. The van der Waals surface area contributed by atoms with E-state index in [1.807, 2.05) is 0 Å². The van der Waals surface area contributed by atoms with Gasteiger partial charge in [-0.3, -0.25) is 0 Å². The molecule has 0 amide bonds. The molecular formula is C15H29N3O2S. The van der Waals surface area contributed by atoms with E-state index in [9.17, 15) is 0 Å². The van der Waals surface area contributed by atoms with E-state index in [2.05, 4.69) is 31.0 Å². The molecule has 0 fully saturated rings. The van der Waals surface area contributed by atoms with Gasteiger partial charge in [-0.25, -0.2) is 4.98 Å². The molecular weight excluding hydrogens is 286 g/mol. The number of methoxy groups -OCH3 is 2. The number of nitrogens with one attached hydrogen (secondary N) is 1. The molecule has 0 saturated carbocycles. The molecule has 1 heterocycles. The van der Waals surface area contributed by atoms with Gasteiger partial charge >= 0.3 is 0 Å². The number of hydrogen-bond acceptors (Lipinski definition) is 6. The molecule has 6 heteroatoms. The first kappa shape index (κ1) is 18.4. The molecule has 0 aromatic carbocycles. The van der Waals surface area contributed by atoms with Gasteiger partial charge in [0.05, 0.1) is 18.9 Å². The van der Waals surface area contributed by atoms with Crippen molar-refractivity contribution in [3.8, 4) is 0 Å². The van der Waals surface area contributed by atoms with Gasteiger partial charge in [-0.1, -0.05) is 6.92 Å². The summed E-state index contributed by atoms with van der Waals surface area (Å²) in [5.41, 5.74) is 1.12. The molecule has 1 atom stereocenters. The molecule has 0 aliphatic rings. The van der Waals surface area contributed by atoms with Crippen molar-refractivity contribution in [3.63, 3.8) is 0 Å². The van der Waals surface area contributed by atoms with E-state index < -0.39 is 0 Å². The highest BCUT2D eigenvalue weighted by molar-refractivity contribution is 7.15. The van der Waals surface area contributed by atoms with Crippen LogP contribution in [0, 0.1) is 6.92 Å². The van der Waals surface area contributed by atoms with E-state index in [0.29, 0.717) is 6.04 Å². The Bertz CT molecular complexity index is 398. The maximum absolute atomic E-state index is 5.23. The average Bonchev–Trinajstić information content (AvgIpc) is 2.84. The van der Waals surface area contributed by atoms with Gasteiger partial charge in [0.2, 0.25) is 0 Å². The van der Waals surface area contributed by atoms with Crippen LogP contribution in [0.25, 0.3) is 0 Å². The number of thiazole rings is 1. The number of aromatic nitrogens is 1. The fourth-order valence-corrected chi connectivity index (χ4v) is 3.15. The van der Waals surface area contributed by atoms with E-state index in [1.54, 1.807) is 25.6 Å². The number of hydrogen-bond donors (Lipinski definition) is 1. The minimum absolute atomic E-state index is 0.472. The van der Waals surface area contributed by atoms with Crippen molar-refractivity contribution in [1.29, 1.82) is 0 Å². The molecule has 0 spiro atoms. The molecule has 122 valence electrons. The standard InChI is InChI=1S/C15H29N3O2S/c1-6-12(2)18(8-10-20-5)15-17-13(3)14(21-15)11-16-7-9-19-4/h12,16H,6-11H2,1-5H3. The van der Waals surface area contributed by atoms with Gasteiger partial charge in [0.15, 0.2) is 5.13 Å². The normalized spacial score (nSPS) is 12.6. The molecule has 0 radical (unpaired) electrons. The van der Waals surface area contributed by atoms with Gasteiger partial charge in [0, 0.05) is 44.8 Å². The summed E-state index contributed by atoms with van der Waals surface area (Å²) in [6, 6.07) is 0.472. The van der Waals surface area contributed by atoms with E-state index in [1.165, 1.54) is 4.88 Å². The maximum Gasteiger partial charge on any atom is 0.186 e. The third-order valence-electron chi connectivity index (χ3n) is 3.55. The SMILES string of the molecule is CCC(C)N(CCOC)c1nc(C)c(CNCCOC)s1. The van der Waals surface area contributed by atoms with E-state index in [-0.39, 0.29) is 0 Å². The molecule has 0 saturated heterocycles. The monoisotopic (exact) mass is 315 g/mol. The minimum atomic E-state index is 0.472. The Kier molecular flexibility index (Phi) is 8.84. The summed E-state index contributed by atoms with van der Waals surface area (Å²) < 4.78 is 10.3. The summed E-state index contributed by atoms with van der Waals surface area (Å²) >= 11 is 1.78. The van der Waals surface area contributed by atoms with Gasteiger partial charge in [0.1, 0.15) is 0 Å². The molecule has 1 N–H and O–H groups in total. The predicted molar refractivity (Wildman–Crippen MR) is 89.4 cm³/mol. The summed E-state index contributed by atoms with van der Waals surface area (Å²) in [7, 11) is 3.46. The Morgan fingerprint density at radius 2 is 2.00 bits per heavy atom. The predicted octanol–water partition coefficient (Wildman–Crippen LogP) is 2.44.